The van der Waals surface area contributed by atoms with Gasteiger partial charge in [-0.2, -0.15) is 9.37 Å². The first-order valence-electron chi connectivity index (χ1n) is 11.8. The highest BCUT2D eigenvalue weighted by Gasteiger charge is 2.27. The van der Waals surface area contributed by atoms with Crippen LogP contribution < -0.4 is 10.5 Å². The number of carbonyl (C=O) groups is 1. The monoisotopic (exact) mass is 496 g/mol. The summed E-state index contributed by atoms with van der Waals surface area (Å²) in [5.74, 6) is -2.50. The molecule has 0 bridgehead atoms. The molecule has 0 amide bonds. The van der Waals surface area contributed by atoms with Crippen LogP contribution in [0.2, 0.25) is 0 Å². The molecule has 10 heteroatoms. The Balaban J connectivity index is 1.64. The van der Waals surface area contributed by atoms with Crippen molar-refractivity contribution >= 4 is 16.8 Å². The number of nitrogens with two attached hydrogens (primary N) is 1. The van der Waals surface area contributed by atoms with E-state index in [2.05, 4.69) is 33.3 Å². The zero-order valence-electron chi connectivity index (χ0n) is 20.7. The smallest absolute Gasteiger partial charge is 0.259 e. The molecule has 190 valence electrons. The van der Waals surface area contributed by atoms with Crippen LogP contribution >= 0.6 is 0 Å². The Kier molecular flexibility index (Phi) is 7.46. The first-order valence-corrected chi connectivity index (χ1v) is 11.8. The molecule has 8 nitrogen and oxygen atoms in total. The lowest BCUT2D eigenvalue weighted by Crippen LogP contribution is -2.47. The lowest BCUT2D eigenvalue weighted by molar-refractivity contribution is 0.0939. The number of allylic oxidation sites excluding steroid dienone is 2. The number of rotatable bonds is 7. The van der Waals surface area contributed by atoms with Crippen molar-refractivity contribution in [2.75, 3.05) is 32.7 Å². The van der Waals surface area contributed by atoms with Crippen LogP contribution in [0.4, 0.5) is 8.78 Å². The Labute approximate surface area is 208 Å². The third-order valence-electron chi connectivity index (χ3n) is 6.46. The van der Waals surface area contributed by atoms with Crippen molar-refractivity contribution in [3.8, 4) is 11.6 Å². The van der Waals surface area contributed by atoms with Crippen LogP contribution in [0.15, 0.2) is 49.0 Å². The summed E-state index contributed by atoms with van der Waals surface area (Å²) in [4.78, 5) is 24.3. The standard InChI is InChI=1S/C26H30F2N6O2/c1-5-7-20(33-12-10-32(6-2)11-13-33)24(29)25-23(28)26(31-15-30-25)36-21-9-8-19-18(22(21)27)14-16(3)34(19)17(4)35/h5,7-9,14-15,24H,1,6,10-13,29H2,2-4H3/b20-7+. The predicted octanol–water partition coefficient (Wildman–Crippen LogP) is 4.18. The largest absolute Gasteiger partial charge is 0.433 e. The molecule has 1 fully saturated rings. The van der Waals surface area contributed by atoms with Gasteiger partial charge in [0.15, 0.2) is 11.6 Å². The number of benzene rings is 1. The summed E-state index contributed by atoms with van der Waals surface area (Å²) in [6.45, 7) is 13.1. The molecule has 4 rings (SSSR count). The maximum absolute atomic E-state index is 15.5. The molecule has 1 unspecified atom stereocenters. The maximum atomic E-state index is 15.5. The van der Waals surface area contributed by atoms with Crippen LogP contribution in [0, 0.1) is 18.6 Å². The highest BCUT2D eigenvalue weighted by molar-refractivity contribution is 5.93. The molecule has 1 aliphatic rings. The minimum absolute atomic E-state index is 0.0638. The van der Waals surface area contributed by atoms with E-state index in [1.807, 2.05) is 0 Å². The minimum atomic E-state index is -0.902. The molecule has 1 atom stereocenters. The van der Waals surface area contributed by atoms with Crippen LogP contribution in [0.1, 0.15) is 36.1 Å². The quantitative estimate of drug-likeness (QED) is 0.491. The van der Waals surface area contributed by atoms with E-state index < -0.39 is 23.6 Å². The van der Waals surface area contributed by atoms with Crippen molar-refractivity contribution in [3.63, 3.8) is 0 Å². The van der Waals surface area contributed by atoms with Crippen molar-refractivity contribution in [1.82, 2.24) is 24.3 Å². The molecule has 0 aliphatic carbocycles. The zero-order chi connectivity index (χ0) is 26.0. The molecule has 1 aliphatic heterocycles. The topological polar surface area (TPSA) is 89.5 Å². The Morgan fingerprint density at radius 1 is 1.22 bits per heavy atom. The van der Waals surface area contributed by atoms with Crippen LogP contribution in [0.25, 0.3) is 10.9 Å². The summed E-state index contributed by atoms with van der Waals surface area (Å²) < 4.78 is 37.7. The molecular formula is C26H30F2N6O2. The Bertz CT molecular complexity index is 1330. The van der Waals surface area contributed by atoms with Gasteiger partial charge in [-0.25, -0.2) is 9.37 Å². The summed E-state index contributed by atoms with van der Waals surface area (Å²) in [6.07, 6.45) is 4.50. The number of halogens is 2. The zero-order valence-corrected chi connectivity index (χ0v) is 20.7. The molecule has 0 radical (unpaired) electrons. The molecule has 2 N–H and O–H groups in total. The number of ether oxygens (including phenoxy) is 1. The van der Waals surface area contributed by atoms with Gasteiger partial charge in [-0.15, -0.1) is 0 Å². The van der Waals surface area contributed by atoms with Gasteiger partial charge in [0.2, 0.25) is 11.7 Å². The van der Waals surface area contributed by atoms with Gasteiger partial charge in [0.25, 0.3) is 5.88 Å². The fourth-order valence-corrected chi connectivity index (χ4v) is 4.60. The van der Waals surface area contributed by atoms with Gasteiger partial charge < -0.3 is 20.3 Å². The molecule has 3 heterocycles. The number of likely N-dealkylation sites (N-methyl/N-ethyl adjacent to an activating group) is 1. The summed E-state index contributed by atoms with van der Waals surface area (Å²) in [7, 11) is 0. The van der Waals surface area contributed by atoms with Crippen molar-refractivity contribution in [2.45, 2.75) is 26.8 Å². The van der Waals surface area contributed by atoms with E-state index >= 15 is 8.78 Å². The number of nitrogens with zero attached hydrogens (tertiary/aromatic N) is 5. The number of fused-ring (bicyclic) bond motifs is 1. The summed E-state index contributed by atoms with van der Waals surface area (Å²) in [5, 5.41) is 0.189. The molecule has 1 aromatic carbocycles. The number of aromatic nitrogens is 3. The van der Waals surface area contributed by atoms with Gasteiger partial charge in [-0.3, -0.25) is 9.36 Å². The lowest BCUT2D eigenvalue weighted by atomic mass is 10.1. The molecule has 3 aromatic rings. The van der Waals surface area contributed by atoms with Gasteiger partial charge >= 0.3 is 0 Å². The highest BCUT2D eigenvalue weighted by Crippen LogP contribution is 2.34. The average molecular weight is 497 g/mol. The van der Waals surface area contributed by atoms with Gasteiger partial charge in [0.05, 0.1) is 11.6 Å². The second-order valence-corrected chi connectivity index (χ2v) is 8.66. The van der Waals surface area contributed by atoms with E-state index in [0.29, 0.717) is 16.9 Å². The minimum Gasteiger partial charge on any atom is -0.433 e. The number of aryl methyl sites for hydroxylation is 1. The Morgan fingerprint density at radius 2 is 1.94 bits per heavy atom. The van der Waals surface area contributed by atoms with Crippen LogP contribution in [0.5, 0.6) is 11.6 Å². The van der Waals surface area contributed by atoms with E-state index in [1.165, 1.54) is 17.6 Å². The summed E-state index contributed by atoms with van der Waals surface area (Å²) >= 11 is 0. The molecular weight excluding hydrogens is 466 g/mol. The SMILES string of the molecule is C=C/C=C(\C(N)c1ncnc(Oc2ccc3c(cc(C)n3C(C)=O)c2F)c1F)N1CCN(CC)CC1. The summed E-state index contributed by atoms with van der Waals surface area (Å²) in [6, 6.07) is 3.53. The second-order valence-electron chi connectivity index (χ2n) is 8.66. The average Bonchev–Trinajstić information content (AvgIpc) is 3.22. The Hall–Kier alpha value is -3.63. The molecule has 0 saturated carbocycles. The first-order chi connectivity index (χ1) is 17.3. The Morgan fingerprint density at radius 3 is 2.58 bits per heavy atom. The fraction of sp³-hybridized carbons (Fsp3) is 0.346. The third-order valence-corrected chi connectivity index (χ3v) is 6.46. The van der Waals surface area contributed by atoms with E-state index in [0.717, 1.165) is 39.1 Å². The van der Waals surface area contributed by atoms with E-state index in [9.17, 15) is 4.79 Å². The number of piperazine rings is 1. The number of hydrogen-bond donors (Lipinski definition) is 1. The van der Waals surface area contributed by atoms with Gasteiger partial charge in [0, 0.05) is 49.9 Å². The third kappa shape index (κ3) is 4.74. The first kappa shape index (κ1) is 25.5. The van der Waals surface area contributed by atoms with Crippen molar-refractivity contribution in [3.05, 3.63) is 72.0 Å². The van der Waals surface area contributed by atoms with Crippen molar-refractivity contribution in [1.29, 1.82) is 0 Å². The van der Waals surface area contributed by atoms with E-state index in [-0.39, 0.29) is 22.7 Å². The highest BCUT2D eigenvalue weighted by atomic mass is 19.1. The summed E-state index contributed by atoms with van der Waals surface area (Å²) in [5.41, 5.74) is 8.07. The van der Waals surface area contributed by atoms with Crippen LogP contribution in [0.3, 0.4) is 0 Å². The van der Waals surface area contributed by atoms with E-state index in [4.69, 9.17) is 10.5 Å². The van der Waals surface area contributed by atoms with Gasteiger partial charge in [0.1, 0.15) is 12.0 Å². The maximum Gasteiger partial charge on any atom is 0.259 e. The molecule has 36 heavy (non-hydrogen) atoms. The number of hydrogen-bond acceptors (Lipinski definition) is 7. The normalized spacial score (nSPS) is 15.8. The molecule has 2 aromatic heterocycles. The molecule has 0 spiro atoms. The molecule has 1 saturated heterocycles. The van der Waals surface area contributed by atoms with Crippen LogP contribution in [-0.4, -0.2) is 63.0 Å². The van der Waals surface area contributed by atoms with Gasteiger partial charge in [-0.1, -0.05) is 19.6 Å². The number of carbonyl (C=O) groups excluding carboxylic acids is 1. The lowest BCUT2D eigenvalue weighted by Gasteiger charge is -2.38. The second kappa shape index (κ2) is 10.5. The van der Waals surface area contributed by atoms with Crippen molar-refractivity contribution < 1.29 is 18.3 Å². The van der Waals surface area contributed by atoms with E-state index in [1.54, 1.807) is 31.2 Å². The van der Waals surface area contributed by atoms with Gasteiger partial charge in [-0.05, 0) is 37.7 Å². The predicted molar refractivity (Wildman–Crippen MR) is 134 cm³/mol. The fourth-order valence-electron chi connectivity index (χ4n) is 4.60. The van der Waals surface area contributed by atoms with Crippen LogP contribution in [-0.2, 0) is 0 Å². The van der Waals surface area contributed by atoms with Crippen molar-refractivity contribution in [2.24, 2.45) is 5.73 Å².